The molecule has 2 atom stereocenters. The van der Waals surface area contributed by atoms with Gasteiger partial charge in [0.15, 0.2) is 5.16 Å². The molecular weight excluding hydrogens is 296 g/mol. The Morgan fingerprint density at radius 3 is 2.68 bits per heavy atom. The van der Waals surface area contributed by atoms with E-state index < -0.39 is 0 Å². The van der Waals surface area contributed by atoms with Crippen LogP contribution in [0.2, 0.25) is 0 Å². The zero-order valence-electron chi connectivity index (χ0n) is 13.2. The highest BCUT2D eigenvalue weighted by atomic mass is 32.2. The third-order valence-electron chi connectivity index (χ3n) is 3.42. The zero-order chi connectivity index (χ0) is 15.9. The van der Waals surface area contributed by atoms with Crippen molar-refractivity contribution in [2.75, 3.05) is 0 Å². The first kappa shape index (κ1) is 16.5. The van der Waals surface area contributed by atoms with Crippen molar-refractivity contribution in [2.45, 2.75) is 43.1 Å². The Kier molecular flexibility index (Phi) is 6.00. The van der Waals surface area contributed by atoms with Crippen molar-refractivity contribution in [2.24, 2.45) is 7.05 Å². The summed E-state index contributed by atoms with van der Waals surface area (Å²) in [6.45, 7) is 3.93. The minimum Gasteiger partial charge on any atom is -0.353 e. The van der Waals surface area contributed by atoms with E-state index in [0.29, 0.717) is 0 Å². The van der Waals surface area contributed by atoms with E-state index in [1.165, 1.54) is 17.3 Å². The molecule has 1 N–H and O–H groups in total. The van der Waals surface area contributed by atoms with Gasteiger partial charge in [-0.2, -0.15) is 0 Å². The highest BCUT2D eigenvalue weighted by molar-refractivity contribution is 8.00. The summed E-state index contributed by atoms with van der Waals surface area (Å²) >= 11 is 1.42. The zero-order valence-corrected chi connectivity index (χ0v) is 14.0. The van der Waals surface area contributed by atoms with E-state index in [2.05, 4.69) is 27.6 Å². The fourth-order valence-corrected chi connectivity index (χ4v) is 2.85. The number of carbonyl (C=O) groups excluding carboxylic acids is 1. The van der Waals surface area contributed by atoms with Crippen molar-refractivity contribution < 1.29 is 4.79 Å². The third kappa shape index (κ3) is 4.87. The summed E-state index contributed by atoms with van der Waals surface area (Å²) in [6, 6.07) is 10.5. The van der Waals surface area contributed by atoms with Gasteiger partial charge in [0.2, 0.25) is 5.91 Å². The number of amides is 1. The molecule has 0 saturated heterocycles. The molecule has 6 heteroatoms. The van der Waals surface area contributed by atoms with E-state index >= 15 is 0 Å². The third-order valence-corrected chi connectivity index (χ3v) is 4.57. The quantitative estimate of drug-likeness (QED) is 0.797. The Hall–Kier alpha value is -1.82. The maximum absolute atomic E-state index is 12.2. The van der Waals surface area contributed by atoms with Gasteiger partial charge in [-0.25, -0.2) is 0 Å². The molecule has 0 aliphatic carbocycles. The molecule has 1 aromatic carbocycles. The van der Waals surface area contributed by atoms with Gasteiger partial charge in [-0.1, -0.05) is 42.1 Å². The van der Waals surface area contributed by atoms with E-state index in [4.69, 9.17) is 0 Å². The summed E-state index contributed by atoms with van der Waals surface area (Å²) in [7, 11) is 1.87. The highest BCUT2D eigenvalue weighted by Gasteiger charge is 2.18. The van der Waals surface area contributed by atoms with Gasteiger partial charge in [-0.05, 0) is 32.3 Å². The molecule has 22 heavy (non-hydrogen) atoms. The standard InChI is InChI=1S/C16H22N4OS/c1-12(9-10-14-7-5-4-6-8-14)18-15(21)13(2)22-16-19-17-11-20(16)3/h4-8,11-13H,9-10H2,1-3H3,(H,18,21)/t12-,13+/m1/s1. The van der Waals surface area contributed by atoms with Crippen LogP contribution in [-0.4, -0.2) is 32.0 Å². The number of carbonyl (C=O) groups is 1. The average Bonchev–Trinajstić information content (AvgIpc) is 2.91. The summed E-state index contributed by atoms with van der Waals surface area (Å²) in [5.74, 6) is 0.0357. The van der Waals surface area contributed by atoms with Gasteiger partial charge in [0.25, 0.3) is 0 Å². The lowest BCUT2D eigenvalue weighted by Gasteiger charge is -2.17. The lowest BCUT2D eigenvalue weighted by Crippen LogP contribution is -2.38. The van der Waals surface area contributed by atoms with Crippen molar-refractivity contribution in [1.82, 2.24) is 20.1 Å². The van der Waals surface area contributed by atoms with Crippen LogP contribution in [0.1, 0.15) is 25.8 Å². The molecular formula is C16H22N4OS. The molecule has 2 aromatic rings. The number of hydrogen-bond acceptors (Lipinski definition) is 4. The summed E-state index contributed by atoms with van der Waals surface area (Å²) < 4.78 is 1.81. The van der Waals surface area contributed by atoms with E-state index in [1.807, 2.05) is 43.7 Å². The largest absolute Gasteiger partial charge is 0.353 e. The first-order chi connectivity index (χ1) is 10.6. The van der Waals surface area contributed by atoms with Crippen LogP contribution in [0, 0.1) is 0 Å². The Balaban J connectivity index is 1.77. The summed E-state index contributed by atoms with van der Waals surface area (Å²) in [5, 5.41) is 11.4. The number of nitrogens with one attached hydrogen (secondary N) is 1. The molecule has 0 aliphatic heterocycles. The fraction of sp³-hybridized carbons (Fsp3) is 0.438. The maximum Gasteiger partial charge on any atom is 0.233 e. The van der Waals surface area contributed by atoms with Gasteiger partial charge in [-0.3, -0.25) is 4.79 Å². The average molecular weight is 318 g/mol. The van der Waals surface area contributed by atoms with Crippen LogP contribution in [0.15, 0.2) is 41.8 Å². The van der Waals surface area contributed by atoms with Crippen LogP contribution in [0.3, 0.4) is 0 Å². The lowest BCUT2D eigenvalue weighted by molar-refractivity contribution is -0.120. The lowest BCUT2D eigenvalue weighted by atomic mass is 10.1. The van der Waals surface area contributed by atoms with Gasteiger partial charge in [-0.15, -0.1) is 10.2 Å². The van der Waals surface area contributed by atoms with Crippen LogP contribution in [0.5, 0.6) is 0 Å². The maximum atomic E-state index is 12.2. The van der Waals surface area contributed by atoms with Crippen molar-refractivity contribution in [3.8, 4) is 0 Å². The molecule has 0 aliphatic rings. The Morgan fingerprint density at radius 1 is 1.32 bits per heavy atom. The van der Waals surface area contributed by atoms with Gasteiger partial charge in [0.1, 0.15) is 6.33 Å². The smallest absolute Gasteiger partial charge is 0.233 e. The molecule has 0 fully saturated rings. The molecule has 0 radical (unpaired) electrons. The molecule has 0 unspecified atom stereocenters. The molecule has 0 spiro atoms. The molecule has 0 saturated carbocycles. The van der Waals surface area contributed by atoms with Crippen molar-refractivity contribution in [3.05, 3.63) is 42.2 Å². The predicted octanol–water partition coefficient (Wildman–Crippen LogP) is 2.43. The van der Waals surface area contributed by atoms with Crippen molar-refractivity contribution in [1.29, 1.82) is 0 Å². The Labute approximate surface area is 135 Å². The molecule has 1 aromatic heterocycles. The minimum absolute atomic E-state index is 0.0357. The number of thioether (sulfide) groups is 1. The summed E-state index contributed by atoms with van der Waals surface area (Å²) in [5.41, 5.74) is 1.30. The Bertz CT molecular complexity index is 599. The molecule has 5 nitrogen and oxygen atoms in total. The number of aromatic nitrogens is 3. The van der Waals surface area contributed by atoms with Crippen LogP contribution < -0.4 is 5.32 Å². The normalized spacial score (nSPS) is 13.6. The van der Waals surface area contributed by atoms with E-state index in [-0.39, 0.29) is 17.2 Å². The second-order valence-electron chi connectivity index (χ2n) is 5.42. The van der Waals surface area contributed by atoms with E-state index in [9.17, 15) is 4.79 Å². The fourth-order valence-electron chi connectivity index (χ4n) is 2.05. The first-order valence-corrected chi connectivity index (χ1v) is 8.29. The van der Waals surface area contributed by atoms with Gasteiger partial charge >= 0.3 is 0 Å². The van der Waals surface area contributed by atoms with Crippen molar-refractivity contribution in [3.63, 3.8) is 0 Å². The highest BCUT2D eigenvalue weighted by Crippen LogP contribution is 2.20. The number of hydrogen-bond donors (Lipinski definition) is 1. The molecule has 2 rings (SSSR count). The predicted molar refractivity (Wildman–Crippen MR) is 88.7 cm³/mol. The van der Waals surface area contributed by atoms with Crippen molar-refractivity contribution >= 4 is 17.7 Å². The van der Waals surface area contributed by atoms with Crippen LogP contribution in [0.4, 0.5) is 0 Å². The van der Waals surface area contributed by atoms with Crippen LogP contribution in [0.25, 0.3) is 0 Å². The number of aryl methyl sites for hydroxylation is 2. The van der Waals surface area contributed by atoms with Gasteiger partial charge in [0.05, 0.1) is 5.25 Å². The topological polar surface area (TPSA) is 59.8 Å². The van der Waals surface area contributed by atoms with E-state index in [0.717, 1.165) is 18.0 Å². The van der Waals surface area contributed by atoms with E-state index in [1.54, 1.807) is 6.33 Å². The second-order valence-corrected chi connectivity index (χ2v) is 6.73. The molecule has 118 valence electrons. The van der Waals surface area contributed by atoms with Crippen LogP contribution in [-0.2, 0) is 18.3 Å². The molecule has 0 bridgehead atoms. The number of benzene rings is 1. The molecule has 1 heterocycles. The second kappa shape index (κ2) is 7.98. The summed E-state index contributed by atoms with van der Waals surface area (Å²) in [6.07, 6.45) is 3.53. The monoisotopic (exact) mass is 318 g/mol. The van der Waals surface area contributed by atoms with Gasteiger partial charge in [0, 0.05) is 13.1 Å². The van der Waals surface area contributed by atoms with Crippen LogP contribution >= 0.6 is 11.8 Å². The minimum atomic E-state index is -0.193. The number of rotatable bonds is 7. The molecule has 1 amide bonds. The SMILES string of the molecule is C[C@H](CCc1ccccc1)NC(=O)[C@H](C)Sc1nncn1C. The summed E-state index contributed by atoms with van der Waals surface area (Å²) in [4.78, 5) is 12.2. The van der Waals surface area contributed by atoms with Gasteiger partial charge < -0.3 is 9.88 Å². The first-order valence-electron chi connectivity index (χ1n) is 7.41. The Morgan fingerprint density at radius 2 is 2.05 bits per heavy atom. The number of nitrogens with zero attached hydrogens (tertiary/aromatic N) is 3.